The largest absolute Gasteiger partial charge is 0.497 e. The Morgan fingerprint density at radius 3 is 2.60 bits per heavy atom. The second-order valence-corrected chi connectivity index (χ2v) is 7.27. The number of methoxy groups -OCH3 is 1. The summed E-state index contributed by atoms with van der Waals surface area (Å²) in [6.07, 6.45) is 2.38. The van der Waals surface area contributed by atoms with E-state index in [1.807, 2.05) is 55.9 Å². The van der Waals surface area contributed by atoms with Gasteiger partial charge < -0.3 is 14.4 Å². The minimum Gasteiger partial charge on any atom is -0.497 e. The van der Waals surface area contributed by atoms with Gasteiger partial charge in [-0.25, -0.2) is 4.79 Å². The summed E-state index contributed by atoms with van der Waals surface area (Å²) >= 11 is 0. The van der Waals surface area contributed by atoms with Gasteiger partial charge in [0.1, 0.15) is 11.4 Å². The molecule has 0 radical (unpaired) electrons. The lowest BCUT2D eigenvalue weighted by Gasteiger charge is -2.30. The Bertz CT molecular complexity index is 744. The topological polar surface area (TPSA) is 56.6 Å². The number of carbonyl (C=O) groups is 1. The minimum atomic E-state index is -0.476. The quantitative estimate of drug-likeness (QED) is 0.858. The molecule has 0 unspecified atom stereocenters. The Morgan fingerprint density at radius 1 is 1.24 bits per heavy atom. The van der Waals surface area contributed by atoms with Crippen molar-refractivity contribution in [1.29, 1.82) is 0 Å². The highest BCUT2D eigenvalue weighted by atomic mass is 16.6. The SMILES string of the molecule is COc1ccc(Cn2ncc3c2CCN(C(=O)OC(C)(C)C)C3)cc1. The van der Waals surface area contributed by atoms with Crippen LogP contribution in [-0.2, 0) is 24.2 Å². The van der Waals surface area contributed by atoms with E-state index in [4.69, 9.17) is 9.47 Å². The Hall–Kier alpha value is -2.50. The van der Waals surface area contributed by atoms with E-state index in [1.165, 1.54) is 11.3 Å². The molecule has 0 saturated heterocycles. The molecule has 0 spiro atoms. The molecule has 2 heterocycles. The number of hydrogen-bond donors (Lipinski definition) is 0. The molecule has 0 fully saturated rings. The molecule has 6 nitrogen and oxygen atoms in total. The Kier molecular flexibility index (Phi) is 4.70. The minimum absolute atomic E-state index is 0.263. The van der Waals surface area contributed by atoms with Crippen LogP contribution in [0.4, 0.5) is 4.79 Å². The molecule has 134 valence electrons. The number of benzene rings is 1. The van der Waals surface area contributed by atoms with Gasteiger partial charge in [0.25, 0.3) is 0 Å². The molecular formula is C19H25N3O3. The summed E-state index contributed by atoms with van der Waals surface area (Å²) in [5.74, 6) is 0.847. The molecule has 1 aromatic carbocycles. The highest BCUT2D eigenvalue weighted by Crippen LogP contribution is 2.22. The van der Waals surface area contributed by atoms with Gasteiger partial charge in [-0.3, -0.25) is 4.68 Å². The van der Waals surface area contributed by atoms with Gasteiger partial charge in [0, 0.05) is 24.2 Å². The molecule has 0 saturated carbocycles. The Morgan fingerprint density at radius 2 is 1.96 bits per heavy atom. The van der Waals surface area contributed by atoms with E-state index in [-0.39, 0.29) is 6.09 Å². The molecule has 1 aliphatic heterocycles. The molecule has 0 atom stereocenters. The lowest BCUT2D eigenvalue weighted by molar-refractivity contribution is 0.0222. The molecule has 3 rings (SSSR count). The third-order valence-electron chi connectivity index (χ3n) is 4.16. The summed E-state index contributed by atoms with van der Waals surface area (Å²) in [5.41, 5.74) is 2.97. The third kappa shape index (κ3) is 4.13. The van der Waals surface area contributed by atoms with Crippen LogP contribution >= 0.6 is 0 Å². The fourth-order valence-electron chi connectivity index (χ4n) is 2.92. The van der Waals surface area contributed by atoms with E-state index < -0.39 is 5.60 Å². The second kappa shape index (κ2) is 6.78. The normalized spacial score (nSPS) is 14.2. The first kappa shape index (κ1) is 17.3. The molecule has 0 bridgehead atoms. The van der Waals surface area contributed by atoms with Crippen molar-refractivity contribution in [1.82, 2.24) is 14.7 Å². The number of aromatic nitrogens is 2. The summed E-state index contributed by atoms with van der Waals surface area (Å²) in [5, 5.41) is 4.51. The van der Waals surface area contributed by atoms with Gasteiger partial charge in [0.2, 0.25) is 0 Å². The first-order chi connectivity index (χ1) is 11.9. The zero-order chi connectivity index (χ0) is 18.0. The Balaban J connectivity index is 1.68. The number of nitrogens with zero attached hydrogens (tertiary/aromatic N) is 3. The standard InChI is InChI=1S/C19H25N3O3/c1-19(2,3)25-18(23)21-10-9-17-15(13-21)11-20-22(17)12-14-5-7-16(24-4)8-6-14/h5-8,11H,9-10,12-13H2,1-4H3. The highest BCUT2D eigenvalue weighted by molar-refractivity contribution is 5.68. The van der Waals surface area contributed by atoms with Crippen LogP contribution in [0.3, 0.4) is 0 Å². The van der Waals surface area contributed by atoms with Gasteiger partial charge in [0.05, 0.1) is 26.4 Å². The zero-order valence-corrected chi connectivity index (χ0v) is 15.3. The van der Waals surface area contributed by atoms with Gasteiger partial charge in [-0.15, -0.1) is 0 Å². The van der Waals surface area contributed by atoms with Crippen molar-refractivity contribution in [2.75, 3.05) is 13.7 Å². The van der Waals surface area contributed by atoms with E-state index >= 15 is 0 Å². The fourth-order valence-corrected chi connectivity index (χ4v) is 2.92. The van der Waals surface area contributed by atoms with E-state index in [0.717, 1.165) is 17.7 Å². The summed E-state index contributed by atoms with van der Waals surface area (Å²) in [6.45, 7) is 7.56. The van der Waals surface area contributed by atoms with Crippen LogP contribution in [0, 0.1) is 0 Å². The maximum absolute atomic E-state index is 12.2. The van der Waals surface area contributed by atoms with E-state index in [0.29, 0.717) is 19.6 Å². The predicted molar refractivity (Wildman–Crippen MR) is 94.7 cm³/mol. The van der Waals surface area contributed by atoms with Crippen molar-refractivity contribution in [3.05, 3.63) is 47.3 Å². The predicted octanol–water partition coefficient (Wildman–Crippen LogP) is 3.23. The van der Waals surface area contributed by atoms with Crippen molar-refractivity contribution in [2.45, 2.75) is 45.9 Å². The van der Waals surface area contributed by atoms with E-state index in [2.05, 4.69) is 5.10 Å². The highest BCUT2D eigenvalue weighted by Gasteiger charge is 2.27. The summed E-state index contributed by atoms with van der Waals surface area (Å²) < 4.78 is 12.7. The molecular weight excluding hydrogens is 318 g/mol. The van der Waals surface area contributed by atoms with Crippen LogP contribution in [0.1, 0.15) is 37.6 Å². The summed E-state index contributed by atoms with van der Waals surface area (Å²) in [6, 6.07) is 8.00. The van der Waals surface area contributed by atoms with Gasteiger partial charge in [-0.2, -0.15) is 5.10 Å². The van der Waals surface area contributed by atoms with Crippen LogP contribution < -0.4 is 4.74 Å². The van der Waals surface area contributed by atoms with Gasteiger partial charge in [0.15, 0.2) is 0 Å². The Labute approximate surface area is 148 Å². The van der Waals surface area contributed by atoms with Crippen molar-refractivity contribution in [3.63, 3.8) is 0 Å². The van der Waals surface area contributed by atoms with Gasteiger partial charge in [-0.1, -0.05) is 12.1 Å². The maximum atomic E-state index is 12.2. The zero-order valence-electron chi connectivity index (χ0n) is 15.3. The lowest BCUT2D eigenvalue weighted by atomic mass is 10.1. The number of rotatable bonds is 3. The molecule has 2 aromatic rings. The average Bonchev–Trinajstić information content (AvgIpc) is 2.96. The van der Waals surface area contributed by atoms with Crippen LogP contribution in [-0.4, -0.2) is 40.0 Å². The number of hydrogen-bond acceptors (Lipinski definition) is 4. The first-order valence-electron chi connectivity index (χ1n) is 8.50. The van der Waals surface area contributed by atoms with Crippen LogP contribution in [0.2, 0.25) is 0 Å². The van der Waals surface area contributed by atoms with Crippen molar-refractivity contribution >= 4 is 6.09 Å². The molecule has 1 amide bonds. The molecule has 6 heteroatoms. The number of amides is 1. The first-order valence-corrected chi connectivity index (χ1v) is 8.50. The molecule has 0 N–H and O–H groups in total. The van der Waals surface area contributed by atoms with E-state index in [9.17, 15) is 4.79 Å². The van der Waals surface area contributed by atoms with Gasteiger partial charge in [-0.05, 0) is 38.5 Å². The van der Waals surface area contributed by atoms with Crippen LogP contribution in [0.5, 0.6) is 5.75 Å². The van der Waals surface area contributed by atoms with Crippen LogP contribution in [0.25, 0.3) is 0 Å². The third-order valence-corrected chi connectivity index (χ3v) is 4.16. The van der Waals surface area contributed by atoms with E-state index in [1.54, 1.807) is 12.0 Å². The average molecular weight is 343 g/mol. The fraction of sp³-hybridized carbons (Fsp3) is 0.474. The molecule has 1 aromatic heterocycles. The lowest BCUT2D eigenvalue weighted by Crippen LogP contribution is -2.40. The maximum Gasteiger partial charge on any atom is 0.410 e. The molecule has 1 aliphatic rings. The van der Waals surface area contributed by atoms with Crippen molar-refractivity contribution in [2.24, 2.45) is 0 Å². The second-order valence-electron chi connectivity index (χ2n) is 7.27. The number of carbonyl (C=O) groups excluding carboxylic acids is 1. The van der Waals surface area contributed by atoms with Crippen LogP contribution in [0.15, 0.2) is 30.5 Å². The smallest absolute Gasteiger partial charge is 0.410 e. The number of fused-ring (bicyclic) bond motifs is 1. The van der Waals surface area contributed by atoms with Gasteiger partial charge >= 0.3 is 6.09 Å². The number of ether oxygens (including phenoxy) is 2. The summed E-state index contributed by atoms with van der Waals surface area (Å²) in [4.78, 5) is 14.0. The van der Waals surface area contributed by atoms with Crippen molar-refractivity contribution in [3.8, 4) is 5.75 Å². The summed E-state index contributed by atoms with van der Waals surface area (Å²) in [7, 11) is 1.66. The monoisotopic (exact) mass is 343 g/mol. The molecule has 0 aliphatic carbocycles. The van der Waals surface area contributed by atoms with Crippen molar-refractivity contribution < 1.29 is 14.3 Å². The molecule has 25 heavy (non-hydrogen) atoms.